The Morgan fingerprint density at radius 2 is 2.00 bits per heavy atom. The summed E-state index contributed by atoms with van der Waals surface area (Å²) in [7, 11) is 0. The van der Waals surface area contributed by atoms with Gasteiger partial charge in [-0.2, -0.15) is 0 Å². The van der Waals surface area contributed by atoms with Crippen molar-refractivity contribution < 1.29 is 0 Å². The zero-order chi connectivity index (χ0) is 7.72. The Bertz CT molecular complexity index is 111. The van der Waals surface area contributed by atoms with E-state index in [1.807, 2.05) is 0 Å². The van der Waals surface area contributed by atoms with Crippen molar-refractivity contribution in [3.05, 3.63) is 0 Å². The summed E-state index contributed by atoms with van der Waals surface area (Å²) >= 11 is 2.61. The van der Waals surface area contributed by atoms with Gasteiger partial charge < -0.3 is 0 Å². The molecule has 0 N–H and O–H groups in total. The molecule has 1 saturated carbocycles. The minimum absolute atomic E-state index is 0.942. The maximum Gasteiger partial charge on any atom is 0.0141 e. The third-order valence-electron chi connectivity index (χ3n) is 3.05. The van der Waals surface area contributed by atoms with Crippen molar-refractivity contribution in [1.29, 1.82) is 0 Å². The van der Waals surface area contributed by atoms with Gasteiger partial charge in [0, 0.05) is 3.92 Å². The molecule has 1 fully saturated rings. The summed E-state index contributed by atoms with van der Waals surface area (Å²) in [4.78, 5) is 0. The summed E-state index contributed by atoms with van der Waals surface area (Å²) in [6.45, 7) is 7.14. The third-order valence-corrected chi connectivity index (χ3v) is 4.69. The van der Waals surface area contributed by atoms with Crippen LogP contribution in [0.5, 0.6) is 0 Å². The monoisotopic (exact) mass is 252 g/mol. The van der Waals surface area contributed by atoms with Gasteiger partial charge in [0.25, 0.3) is 0 Å². The number of halogens is 1. The van der Waals surface area contributed by atoms with Gasteiger partial charge in [-0.1, -0.05) is 49.8 Å². The maximum atomic E-state index is 2.61. The molecule has 0 bridgehead atoms. The van der Waals surface area contributed by atoms with Crippen molar-refractivity contribution in [2.24, 2.45) is 17.8 Å². The van der Waals surface area contributed by atoms with Gasteiger partial charge in [-0.3, -0.25) is 0 Å². The lowest BCUT2D eigenvalue weighted by molar-refractivity contribution is 0.338. The quantitative estimate of drug-likeness (QED) is 0.495. The summed E-state index contributed by atoms with van der Waals surface area (Å²) in [5.41, 5.74) is 0. The first kappa shape index (κ1) is 8.82. The van der Waals surface area contributed by atoms with Gasteiger partial charge in [0.2, 0.25) is 0 Å². The zero-order valence-electron chi connectivity index (χ0n) is 7.10. The lowest BCUT2D eigenvalue weighted by Gasteiger charge is -2.17. The molecule has 0 spiro atoms. The fraction of sp³-hybridized carbons (Fsp3) is 1.00. The molecule has 4 atom stereocenters. The van der Waals surface area contributed by atoms with E-state index in [9.17, 15) is 0 Å². The largest absolute Gasteiger partial charge is 0.0823 e. The van der Waals surface area contributed by atoms with Gasteiger partial charge in [-0.15, -0.1) is 0 Å². The van der Waals surface area contributed by atoms with E-state index in [1.165, 1.54) is 12.8 Å². The van der Waals surface area contributed by atoms with Gasteiger partial charge in [-0.05, 0) is 24.2 Å². The van der Waals surface area contributed by atoms with Crippen LogP contribution in [0.4, 0.5) is 0 Å². The molecule has 0 amide bonds. The molecule has 0 aliphatic heterocycles. The van der Waals surface area contributed by atoms with E-state index in [1.54, 1.807) is 0 Å². The van der Waals surface area contributed by atoms with Crippen LogP contribution in [0.1, 0.15) is 33.6 Å². The second kappa shape index (κ2) is 3.42. The van der Waals surface area contributed by atoms with Gasteiger partial charge in [-0.25, -0.2) is 0 Å². The first-order valence-corrected chi connectivity index (χ1v) is 5.55. The molecule has 0 aromatic heterocycles. The molecule has 0 aromatic rings. The van der Waals surface area contributed by atoms with E-state index in [4.69, 9.17) is 0 Å². The minimum atomic E-state index is 0.942. The van der Waals surface area contributed by atoms with Gasteiger partial charge in [0.05, 0.1) is 0 Å². The highest BCUT2D eigenvalue weighted by atomic mass is 127. The number of hydrogen-bond acceptors (Lipinski definition) is 0. The molecular formula is C9H17I. The van der Waals surface area contributed by atoms with Crippen molar-refractivity contribution in [3.8, 4) is 0 Å². The average molecular weight is 252 g/mol. The lowest BCUT2D eigenvalue weighted by atomic mass is 9.89. The fourth-order valence-electron chi connectivity index (χ4n) is 2.31. The highest BCUT2D eigenvalue weighted by Crippen LogP contribution is 2.42. The van der Waals surface area contributed by atoms with Crippen molar-refractivity contribution in [1.82, 2.24) is 0 Å². The molecule has 1 rings (SSSR count). The van der Waals surface area contributed by atoms with Crippen molar-refractivity contribution >= 4 is 22.6 Å². The number of hydrogen-bond donors (Lipinski definition) is 0. The summed E-state index contributed by atoms with van der Waals surface area (Å²) in [5.74, 6) is 2.93. The molecule has 0 saturated heterocycles. The Morgan fingerprint density at radius 3 is 2.20 bits per heavy atom. The fourth-order valence-corrected chi connectivity index (χ4v) is 3.64. The Morgan fingerprint density at radius 1 is 1.40 bits per heavy atom. The predicted molar refractivity (Wildman–Crippen MR) is 54.5 cm³/mol. The first-order valence-electron chi connectivity index (χ1n) is 4.30. The summed E-state index contributed by atoms with van der Waals surface area (Å²) in [6, 6.07) is 0. The first-order chi connectivity index (χ1) is 4.66. The van der Waals surface area contributed by atoms with E-state index in [2.05, 4.69) is 43.4 Å². The average Bonchev–Trinajstić information content (AvgIpc) is 2.09. The smallest absolute Gasteiger partial charge is 0.0141 e. The predicted octanol–water partition coefficient (Wildman–Crippen LogP) is 3.49. The van der Waals surface area contributed by atoms with Crippen molar-refractivity contribution in [3.63, 3.8) is 0 Å². The van der Waals surface area contributed by atoms with Gasteiger partial charge in [0.1, 0.15) is 0 Å². The Labute approximate surface area is 77.9 Å². The Kier molecular flexibility index (Phi) is 3.02. The SMILES string of the molecule is CCC1C(C)CC(I)C1C. The van der Waals surface area contributed by atoms with E-state index < -0.39 is 0 Å². The van der Waals surface area contributed by atoms with Gasteiger partial charge in [0.15, 0.2) is 0 Å². The molecule has 1 aliphatic rings. The van der Waals surface area contributed by atoms with Crippen LogP contribution < -0.4 is 0 Å². The molecule has 1 aliphatic carbocycles. The number of alkyl halides is 1. The molecule has 4 unspecified atom stereocenters. The second-order valence-corrected chi connectivity index (χ2v) is 5.26. The van der Waals surface area contributed by atoms with Crippen molar-refractivity contribution in [2.75, 3.05) is 0 Å². The van der Waals surface area contributed by atoms with E-state index in [0.717, 1.165) is 21.7 Å². The van der Waals surface area contributed by atoms with E-state index in [0.29, 0.717) is 0 Å². The molecule has 0 nitrogen and oxygen atoms in total. The Hall–Kier alpha value is 0.730. The summed E-state index contributed by atoms with van der Waals surface area (Å²) in [6.07, 6.45) is 2.82. The standard InChI is InChI=1S/C9H17I/c1-4-8-6(2)5-9(10)7(8)3/h6-9H,4-5H2,1-3H3. The van der Waals surface area contributed by atoms with Crippen LogP contribution in [0, 0.1) is 17.8 Å². The molecule has 0 radical (unpaired) electrons. The van der Waals surface area contributed by atoms with Crippen LogP contribution in [0.3, 0.4) is 0 Å². The molecular weight excluding hydrogens is 235 g/mol. The molecule has 60 valence electrons. The van der Waals surface area contributed by atoms with Crippen LogP contribution in [-0.4, -0.2) is 3.92 Å². The van der Waals surface area contributed by atoms with Crippen LogP contribution in [0.2, 0.25) is 0 Å². The molecule has 0 heterocycles. The van der Waals surface area contributed by atoms with Crippen LogP contribution in [-0.2, 0) is 0 Å². The Balaban J connectivity index is 2.55. The third kappa shape index (κ3) is 1.49. The highest BCUT2D eigenvalue weighted by Gasteiger charge is 2.35. The van der Waals surface area contributed by atoms with Crippen LogP contribution in [0.25, 0.3) is 0 Å². The molecule has 0 aromatic carbocycles. The molecule has 10 heavy (non-hydrogen) atoms. The summed E-state index contributed by atoms with van der Waals surface area (Å²) in [5, 5.41) is 0. The minimum Gasteiger partial charge on any atom is -0.0823 e. The lowest BCUT2D eigenvalue weighted by Crippen LogP contribution is -2.11. The van der Waals surface area contributed by atoms with Crippen LogP contribution >= 0.6 is 22.6 Å². The zero-order valence-corrected chi connectivity index (χ0v) is 9.26. The number of rotatable bonds is 1. The molecule has 1 heteroatoms. The highest BCUT2D eigenvalue weighted by molar-refractivity contribution is 14.1. The summed E-state index contributed by atoms with van der Waals surface area (Å²) < 4.78 is 0.942. The van der Waals surface area contributed by atoms with Crippen LogP contribution in [0.15, 0.2) is 0 Å². The topological polar surface area (TPSA) is 0 Å². The van der Waals surface area contributed by atoms with E-state index >= 15 is 0 Å². The maximum absolute atomic E-state index is 2.61. The second-order valence-electron chi connectivity index (χ2n) is 3.66. The van der Waals surface area contributed by atoms with E-state index in [-0.39, 0.29) is 0 Å². The van der Waals surface area contributed by atoms with Crippen molar-refractivity contribution in [2.45, 2.75) is 37.5 Å². The van der Waals surface area contributed by atoms with Gasteiger partial charge >= 0.3 is 0 Å². The normalized spacial score (nSPS) is 48.0.